The number of hydrogen-bond donors (Lipinski definition) is 0. The summed E-state index contributed by atoms with van der Waals surface area (Å²) in [4.78, 5) is 27.8. The quantitative estimate of drug-likeness (QED) is 0.602. The number of rotatable bonds is 5. The SMILES string of the molecule is COCCCN1C(=O)c2oc3ccc(F)cc3c(=O)c2C1c1cccc(Cl)c1. The summed E-state index contributed by atoms with van der Waals surface area (Å²) in [6, 6.07) is 10.0. The Morgan fingerprint density at radius 1 is 1.21 bits per heavy atom. The van der Waals surface area contributed by atoms with Crippen molar-refractivity contribution < 1.29 is 18.3 Å². The van der Waals surface area contributed by atoms with Crippen molar-refractivity contribution in [1.29, 1.82) is 0 Å². The van der Waals surface area contributed by atoms with Gasteiger partial charge in [0.15, 0.2) is 5.43 Å². The number of benzene rings is 2. The second-order valence-corrected chi connectivity index (χ2v) is 7.05. The van der Waals surface area contributed by atoms with E-state index in [1.807, 2.05) is 0 Å². The molecule has 4 rings (SSSR count). The molecule has 2 heterocycles. The van der Waals surface area contributed by atoms with E-state index in [-0.39, 0.29) is 28.2 Å². The van der Waals surface area contributed by atoms with Crippen LogP contribution in [0.15, 0.2) is 51.7 Å². The number of hydrogen-bond acceptors (Lipinski definition) is 4. The predicted octanol–water partition coefficient (Wildman–Crippen LogP) is 4.17. The summed E-state index contributed by atoms with van der Waals surface area (Å²) < 4.78 is 24.5. The van der Waals surface area contributed by atoms with Crippen molar-refractivity contribution >= 4 is 28.5 Å². The Bertz CT molecular complexity index is 1130. The summed E-state index contributed by atoms with van der Waals surface area (Å²) in [6.07, 6.45) is 0.593. The van der Waals surface area contributed by atoms with Gasteiger partial charge in [0.1, 0.15) is 11.4 Å². The van der Waals surface area contributed by atoms with Crippen LogP contribution in [0.25, 0.3) is 11.0 Å². The van der Waals surface area contributed by atoms with E-state index in [9.17, 15) is 14.0 Å². The normalized spacial score (nSPS) is 16.0. The van der Waals surface area contributed by atoms with Crippen LogP contribution in [-0.4, -0.2) is 31.1 Å². The van der Waals surface area contributed by atoms with E-state index >= 15 is 0 Å². The van der Waals surface area contributed by atoms with E-state index in [4.69, 9.17) is 20.8 Å². The first-order chi connectivity index (χ1) is 13.5. The second-order valence-electron chi connectivity index (χ2n) is 6.62. The van der Waals surface area contributed by atoms with Crippen molar-refractivity contribution in [3.05, 3.63) is 80.4 Å². The molecule has 0 saturated heterocycles. The molecule has 0 fully saturated rings. The van der Waals surface area contributed by atoms with Gasteiger partial charge in [0.05, 0.1) is 17.0 Å². The summed E-state index contributed by atoms with van der Waals surface area (Å²) in [5.74, 6) is -0.925. The van der Waals surface area contributed by atoms with Gasteiger partial charge in [-0.25, -0.2) is 4.39 Å². The number of carbonyl (C=O) groups is 1. The van der Waals surface area contributed by atoms with Gasteiger partial charge in [-0.1, -0.05) is 23.7 Å². The lowest BCUT2D eigenvalue weighted by Gasteiger charge is -2.25. The van der Waals surface area contributed by atoms with Gasteiger partial charge in [-0.05, 0) is 42.3 Å². The minimum atomic E-state index is -0.651. The molecule has 0 N–H and O–H groups in total. The summed E-state index contributed by atoms with van der Waals surface area (Å²) in [5.41, 5.74) is 0.674. The summed E-state index contributed by atoms with van der Waals surface area (Å²) in [5, 5.41) is 0.601. The molecule has 5 nitrogen and oxygen atoms in total. The van der Waals surface area contributed by atoms with E-state index in [0.29, 0.717) is 30.2 Å². The van der Waals surface area contributed by atoms with E-state index in [2.05, 4.69) is 0 Å². The van der Waals surface area contributed by atoms with E-state index in [1.54, 1.807) is 36.3 Å². The zero-order valence-corrected chi connectivity index (χ0v) is 15.8. The Labute approximate surface area is 165 Å². The largest absolute Gasteiger partial charge is 0.450 e. The molecule has 0 spiro atoms. The molecular formula is C21H17ClFNO4. The van der Waals surface area contributed by atoms with Crippen LogP contribution < -0.4 is 5.43 Å². The Morgan fingerprint density at radius 2 is 2.04 bits per heavy atom. The first-order valence-corrected chi connectivity index (χ1v) is 9.20. The molecule has 0 bridgehead atoms. The molecule has 2 aromatic carbocycles. The second kappa shape index (κ2) is 7.37. The Balaban J connectivity index is 1.93. The van der Waals surface area contributed by atoms with Gasteiger partial charge in [0, 0.05) is 25.3 Å². The lowest BCUT2D eigenvalue weighted by atomic mass is 9.98. The molecule has 1 aliphatic heterocycles. The number of fused-ring (bicyclic) bond motifs is 2. The van der Waals surface area contributed by atoms with Gasteiger partial charge in [-0.3, -0.25) is 9.59 Å². The van der Waals surface area contributed by atoms with Crippen LogP contribution in [0.1, 0.15) is 34.1 Å². The smallest absolute Gasteiger partial charge is 0.290 e. The van der Waals surface area contributed by atoms with Gasteiger partial charge in [0.2, 0.25) is 5.76 Å². The highest BCUT2D eigenvalue weighted by atomic mass is 35.5. The van der Waals surface area contributed by atoms with Crippen molar-refractivity contribution in [1.82, 2.24) is 4.90 Å². The van der Waals surface area contributed by atoms with Crippen molar-refractivity contribution in [2.24, 2.45) is 0 Å². The lowest BCUT2D eigenvalue weighted by molar-refractivity contribution is 0.0708. The van der Waals surface area contributed by atoms with Crippen LogP contribution in [0.5, 0.6) is 0 Å². The number of amides is 1. The third kappa shape index (κ3) is 3.08. The highest BCUT2D eigenvalue weighted by molar-refractivity contribution is 6.30. The average molecular weight is 402 g/mol. The molecule has 1 amide bonds. The van der Waals surface area contributed by atoms with Crippen LogP contribution in [0.2, 0.25) is 5.02 Å². The Kier molecular flexibility index (Phi) is 4.91. The first kappa shape index (κ1) is 18.7. The van der Waals surface area contributed by atoms with Gasteiger partial charge in [-0.2, -0.15) is 0 Å². The molecule has 144 valence electrons. The van der Waals surface area contributed by atoms with Crippen LogP contribution in [0.4, 0.5) is 4.39 Å². The number of halogens is 2. The van der Waals surface area contributed by atoms with Crippen LogP contribution in [0.3, 0.4) is 0 Å². The monoisotopic (exact) mass is 401 g/mol. The van der Waals surface area contributed by atoms with Gasteiger partial charge in [-0.15, -0.1) is 0 Å². The highest BCUT2D eigenvalue weighted by Gasteiger charge is 2.42. The number of ether oxygens (including phenoxy) is 1. The fraction of sp³-hybridized carbons (Fsp3) is 0.238. The summed E-state index contributed by atoms with van der Waals surface area (Å²) in [7, 11) is 1.58. The molecule has 28 heavy (non-hydrogen) atoms. The van der Waals surface area contributed by atoms with E-state index in [1.165, 1.54) is 12.1 Å². The Hall–Kier alpha value is -2.70. The topological polar surface area (TPSA) is 59.8 Å². The minimum Gasteiger partial charge on any atom is -0.450 e. The molecule has 1 aromatic heterocycles. The first-order valence-electron chi connectivity index (χ1n) is 8.83. The molecule has 0 saturated carbocycles. The van der Waals surface area contributed by atoms with Gasteiger partial charge in [0.25, 0.3) is 5.91 Å². The predicted molar refractivity (Wildman–Crippen MR) is 103 cm³/mol. The average Bonchev–Trinajstić information content (AvgIpc) is 2.95. The third-order valence-corrected chi connectivity index (χ3v) is 5.07. The molecular weight excluding hydrogens is 385 g/mol. The van der Waals surface area contributed by atoms with Crippen molar-refractivity contribution in [3.63, 3.8) is 0 Å². The Morgan fingerprint density at radius 3 is 2.79 bits per heavy atom. The highest BCUT2D eigenvalue weighted by Crippen LogP contribution is 2.38. The number of methoxy groups -OCH3 is 1. The maximum atomic E-state index is 13.7. The molecule has 7 heteroatoms. The van der Waals surface area contributed by atoms with Crippen molar-refractivity contribution in [2.45, 2.75) is 12.5 Å². The zero-order chi connectivity index (χ0) is 19.8. The van der Waals surface area contributed by atoms with E-state index < -0.39 is 17.3 Å². The van der Waals surface area contributed by atoms with Crippen molar-refractivity contribution in [2.75, 3.05) is 20.3 Å². The van der Waals surface area contributed by atoms with E-state index in [0.717, 1.165) is 6.07 Å². The van der Waals surface area contributed by atoms with Gasteiger partial charge >= 0.3 is 0 Å². The summed E-state index contributed by atoms with van der Waals surface area (Å²) in [6.45, 7) is 0.842. The zero-order valence-electron chi connectivity index (χ0n) is 15.1. The third-order valence-electron chi connectivity index (χ3n) is 4.84. The van der Waals surface area contributed by atoms with Crippen molar-refractivity contribution in [3.8, 4) is 0 Å². The number of nitrogens with zero attached hydrogens (tertiary/aromatic N) is 1. The maximum Gasteiger partial charge on any atom is 0.290 e. The minimum absolute atomic E-state index is 0.00787. The number of carbonyl (C=O) groups excluding carboxylic acids is 1. The standard InChI is InChI=1S/C21H17ClFNO4/c1-27-9-3-8-24-18(12-4-2-5-13(22)10-12)17-19(25)15-11-14(23)6-7-16(15)28-20(17)21(24)26/h2,4-7,10-11,18H,3,8-9H2,1H3. The molecule has 0 aliphatic carbocycles. The molecule has 1 aliphatic rings. The lowest BCUT2D eigenvalue weighted by Crippen LogP contribution is -2.31. The molecule has 0 radical (unpaired) electrons. The summed E-state index contributed by atoms with van der Waals surface area (Å²) >= 11 is 6.14. The van der Waals surface area contributed by atoms with Crippen LogP contribution >= 0.6 is 11.6 Å². The molecule has 1 atom stereocenters. The maximum absolute atomic E-state index is 13.7. The van der Waals surface area contributed by atoms with Crippen LogP contribution in [0, 0.1) is 5.82 Å². The van der Waals surface area contributed by atoms with Crippen LogP contribution in [-0.2, 0) is 4.74 Å². The van der Waals surface area contributed by atoms with Gasteiger partial charge < -0.3 is 14.1 Å². The fourth-order valence-corrected chi connectivity index (χ4v) is 3.82. The molecule has 3 aromatic rings. The fourth-order valence-electron chi connectivity index (χ4n) is 3.63. The molecule has 1 unspecified atom stereocenters.